The van der Waals surface area contributed by atoms with E-state index in [9.17, 15) is 0 Å². The molecule has 1 aromatic rings. The molecule has 0 radical (unpaired) electrons. The maximum absolute atomic E-state index is 5.83. The Balaban J connectivity index is 1.54. The fraction of sp³-hybridized carbons (Fsp3) is 0.733. The molecular weight excluding hydrogens is 266 g/mol. The van der Waals surface area contributed by atoms with Gasteiger partial charge >= 0.3 is 0 Å². The van der Waals surface area contributed by atoms with Gasteiger partial charge in [0.25, 0.3) is 0 Å². The zero-order valence-corrected chi connectivity index (χ0v) is 12.6. The first-order valence-electron chi connectivity index (χ1n) is 8.00. The number of hydrogen-bond acceptors (Lipinski definition) is 6. The summed E-state index contributed by atoms with van der Waals surface area (Å²) in [6, 6.07) is 2.02. The zero-order chi connectivity index (χ0) is 14.5. The van der Waals surface area contributed by atoms with Crippen LogP contribution >= 0.6 is 0 Å². The SMILES string of the molecule is Nc1nc(NCCN2CCCCC2)cc(C2CCOC2)n1. The zero-order valence-electron chi connectivity index (χ0n) is 12.6. The summed E-state index contributed by atoms with van der Waals surface area (Å²) in [5, 5.41) is 3.38. The summed E-state index contributed by atoms with van der Waals surface area (Å²) in [6.07, 6.45) is 5.04. The molecule has 21 heavy (non-hydrogen) atoms. The molecule has 0 aromatic carbocycles. The Morgan fingerprint density at radius 2 is 2.14 bits per heavy atom. The lowest BCUT2D eigenvalue weighted by Crippen LogP contribution is -2.33. The number of likely N-dealkylation sites (tertiary alicyclic amines) is 1. The Hall–Kier alpha value is -1.40. The molecule has 0 saturated carbocycles. The minimum atomic E-state index is 0.347. The maximum atomic E-state index is 5.83. The van der Waals surface area contributed by atoms with Crippen molar-refractivity contribution in [2.75, 3.05) is 50.4 Å². The molecule has 6 nitrogen and oxygen atoms in total. The van der Waals surface area contributed by atoms with E-state index in [1.165, 1.54) is 32.4 Å². The molecule has 0 amide bonds. The monoisotopic (exact) mass is 291 g/mol. The standard InChI is InChI=1S/C15H25N5O/c16-15-18-13(12-4-9-21-11-12)10-14(19-15)17-5-8-20-6-2-1-3-7-20/h10,12H,1-9,11H2,(H3,16,17,18,19). The second-order valence-electron chi connectivity index (χ2n) is 5.93. The first kappa shape index (κ1) is 14.5. The van der Waals surface area contributed by atoms with Crippen LogP contribution in [-0.2, 0) is 4.74 Å². The van der Waals surface area contributed by atoms with Crippen LogP contribution in [0.1, 0.15) is 37.3 Å². The van der Waals surface area contributed by atoms with Crippen molar-refractivity contribution in [3.63, 3.8) is 0 Å². The van der Waals surface area contributed by atoms with E-state index in [1.807, 2.05) is 6.07 Å². The van der Waals surface area contributed by atoms with E-state index in [1.54, 1.807) is 0 Å². The second kappa shape index (κ2) is 7.04. The van der Waals surface area contributed by atoms with Crippen LogP contribution in [-0.4, -0.2) is 54.3 Å². The van der Waals surface area contributed by atoms with Crippen molar-refractivity contribution in [2.24, 2.45) is 0 Å². The van der Waals surface area contributed by atoms with Crippen LogP contribution in [0, 0.1) is 0 Å². The van der Waals surface area contributed by atoms with Gasteiger partial charge < -0.3 is 20.7 Å². The third-order valence-electron chi connectivity index (χ3n) is 4.29. The van der Waals surface area contributed by atoms with Crippen LogP contribution in [0.25, 0.3) is 0 Å². The van der Waals surface area contributed by atoms with E-state index in [4.69, 9.17) is 10.5 Å². The number of piperidine rings is 1. The van der Waals surface area contributed by atoms with Crippen molar-refractivity contribution in [1.29, 1.82) is 0 Å². The van der Waals surface area contributed by atoms with Gasteiger partial charge in [-0.1, -0.05) is 6.42 Å². The molecule has 1 unspecified atom stereocenters. The van der Waals surface area contributed by atoms with Crippen molar-refractivity contribution in [3.8, 4) is 0 Å². The minimum absolute atomic E-state index is 0.347. The highest BCUT2D eigenvalue weighted by Crippen LogP contribution is 2.25. The van der Waals surface area contributed by atoms with E-state index < -0.39 is 0 Å². The summed E-state index contributed by atoms with van der Waals surface area (Å²) in [4.78, 5) is 11.1. The Kier molecular flexibility index (Phi) is 4.87. The average Bonchev–Trinajstić information content (AvgIpc) is 3.02. The number of nitrogens with zero attached hydrogens (tertiary/aromatic N) is 3. The summed E-state index contributed by atoms with van der Waals surface area (Å²) in [5.41, 5.74) is 6.83. The van der Waals surface area contributed by atoms with E-state index >= 15 is 0 Å². The Labute approximate surface area is 126 Å². The number of aromatic nitrogens is 2. The first-order valence-corrected chi connectivity index (χ1v) is 8.00. The molecule has 1 aromatic heterocycles. The molecule has 2 saturated heterocycles. The summed E-state index contributed by atoms with van der Waals surface area (Å²) in [5.74, 6) is 1.54. The van der Waals surface area contributed by atoms with Crippen molar-refractivity contribution >= 4 is 11.8 Å². The van der Waals surface area contributed by atoms with Crippen LogP contribution in [0.4, 0.5) is 11.8 Å². The van der Waals surface area contributed by atoms with E-state index in [-0.39, 0.29) is 0 Å². The van der Waals surface area contributed by atoms with Gasteiger partial charge in [0.15, 0.2) is 0 Å². The number of rotatable bonds is 5. The van der Waals surface area contributed by atoms with Gasteiger partial charge in [0, 0.05) is 31.7 Å². The largest absolute Gasteiger partial charge is 0.381 e. The predicted molar refractivity (Wildman–Crippen MR) is 83.4 cm³/mol. The van der Waals surface area contributed by atoms with Crippen LogP contribution in [0.2, 0.25) is 0 Å². The average molecular weight is 291 g/mol. The lowest BCUT2D eigenvalue weighted by atomic mass is 10.0. The van der Waals surface area contributed by atoms with Crippen molar-refractivity contribution in [3.05, 3.63) is 11.8 Å². The van der Waals surface area contributed by atoms with Crippen LogP contribution in [0.5, 0.6) is 0 Å². The van der Waals surface area contributed by atoms with Gasteiger partial charge in [0.1, 0.15) is 5.82 Å². The maximum Gasteiger partial charge on any atom is 0.222 e. The van der Waals surface area contributed by atoms with Gasteiger partial charge in [-0.25, -0.2) is 4.98 Å². The third-order valence-corrected chi connectivity index (χ3v) is 4.29. The van der Waals surface area contributed by atoms with E-state index in [2.05, 4.69) is 20.2 Å². The Morgan fingerprint density at radius 3 is 2.90 bits per heavy atom. The Morgan fingerprint density at radius 1 is 1.29 bits per heavy atom. The number of nitrogens with one attached hydrogen (secondary N) is 1. The third kappa shape index (κ3) is 4.04. The van der Waals surface area contributed by atoms with Gasteiger partial charge in [-0.3, -0.25) is 0 Å². The smallest absolute Gasteiger partial charge is 0.222 e. The van der Waals surface area contributed by atoms with Crippen LogP contribution in [0.15, 0.2) is 6.07 Å². The molecule has 2 aliphatic rings. The minimum Gasteiger partial charge on any atom is -0.381 e. The fourth-order valence-corrected chi connectivity index (χ4v) is 3.08. The lowest BCUT2D eigenvalue weighted by Gasteiger charge is -2.26. The molecule has 1 atom stereocenters. The van der Waals surface area contributed by atoms with Crippen molar-refractivity contribution in [2.45, 2.75) is 31.6 Å². The highest BCUT2D eigenvalue weighted by Gasteiger charge is 2.20. The van der Waals surface area contributed by atoms with Crippen molar-refractivity contribution < 1.29 is 4.74 Å². The van der Waals surface area contributed by atoms with Gasteiger partial charge in [-0.05, 0) is 32.4 Å². The van der Waals surface area contributed by atoms with Gasteiger partial charge in [0.05, 0.1) is 12.3 Å². The van der Waals surface area contributed by atoms with Gasteiger partial charge in [-0.2, -0.15) is 4.98 Å². The summed E-state index contributed by atoms with van der Waals surface area (Å²) < 4.78 is 5.42. The molecule has 0 aliphatic carbocycles. The topological polar surface area (TPSA) is 76.3 Å². The molecule has 3 heterocycles. The molecule has 116 valence electrons. The Bertz CT molecular complexity index is 455. The summed E-state index contributed by atoms with van der Waals surface area (Å²) in [7, 11) is 0. The van der Waals surface area contributed by atoms with Crippen LogP contribution < -0.4 is 11.1 Å². The molecular formula is C15H25N5O. The highest BCUT2D eigenvalue weighted by molar-refractivity contribution is 5.41. The number of anilines is 2. The predicted octanol–water partition coefficient (Wildman–Crippen LogP) is 1.46. The number of nitrogens with two attached hydrogens (primary N) is 1. The quantitative estimate of drug-likeness (QED) is 0.855. The molecule has 0 bridgehead atoms. The molecule has 2 aliphatic heterocycles. The van der Waals surface area contributed by atoms with Gasteiger partial charge in [0.2, 0.25) is 5.95 Å². The number of ether oxygens (including phenoxy) is 1. The number of hydrogen-bond donors (Lipinski definition) is 2. The number of nitrogen functional groups attached to an aromatic ring is 1. The molecule has 6 heteroatoms. The molecule has 3 N–H and O–H groups in total. The van der Waals surface area contributed by atoms with Crippen LogP contribution in [0.3, 0.4) is 0 Å². The van der Waals surface area contributed by atoms with E-state index in [0.717, 1.165) is 44.2 Å². The molecule has 2 fully saturated rings. The molecule has 0 spiro atoms. The normalized spacial score (nSPS) is 23.3. The molecule has 3 rings (SSSR count). The summed E-state index contributed by atoms with van der Waals surface area (Å²) in [6.45, 7) is 5.95. The second-order valence-corrected chi connectivity index (χ2v) is 5.93. The van der Waals surface area contributed by atoms with E-state index in [0.29, 0.717) is 11.9 Å². The fourth-order valence-electron chi connectivity index (χ4n) is 3.08. The first-order chi connectivity index (χ1) is 10.3. The van der Waals surface area contributed by atoms with Crippen molar-refractivity contribution in [1.82, 2.24) is 14.9 Å². The highest BCUT2D eigenvalue weighted by atomic mass is 16.5. The summed E-state index contributed by atoms with van der Waals surface area (Å²) >= 11 is 0. The van der Waals surface area contributed by atoms with Gasteiger partial charge in [-0.15, -0.1) is 0 Å². The lowest BCUT2D eigenvalue weighted by molar-refractivity contribution is 0.193.